The number of ether oxygens (including phenoxy) is 2. The van der Waals surface area contributed by atoms with E-state index >= 15 is 0 Å². The Hall–Kier alpha value is -1.26. The first-order valence-corrected chi connectivity index (χ1v) is 8.91. The van der Waals surface area contributed by atoms with Crippen molar-refractivity contribution in [1.82, 2.24) is 4.90 Å². The van der Waals surface area contributed by atoms with Crippen molar-refractivity contribution in [2.75, 3.05) is 33.8 Å². The van der Waals surface area contributed by atoms with Crippen LogP contribution in [-0.2, 0) is 5.41 Å². The molecule has 1 saturated heterocycles. The van der Waals surface area contributed by atoms with Crippen LogP contribution in [0.15, 0.2) is 18.2 Å². The van der Waals surface area contributed by atoms with Crippen molar-refractivity contribution in [2.24, 2.45) is 5.73 Å². The van der Waals surface area contributed by atoms with Gasteiger partial charge < -0.3 is 20.1 Å². The topological polar surface area (TPSA) is 47.7 Å². The molecule has 1 aromatic rings. The zero-order valence-corrected chi connectivity index (χ0v) is 14.5. The van der Waals surface area contributed by atoms with Crippen LogP contribution in [0.1, 0.15) is 44.1 Å². The predicted octanol–water partition coefficient (Wildman–Crippen LogP) is 2.94. The molecule has 0 atom stereocenters. The van der Waals surface area contributed by atoms with Gasteiger partial charge in [0.15, 0.2) is 11.5 Å². The number of nitrogens with two attached hydrogens (primary N) is 1. The molecule has 0 unspecified atom stereocenters. The van der Waals surface area contributed by atoms with Gasteiger partial charge in [0, 0.05) is 25.0 Å². The normalized spacial score (nSPS) is 22.2. The fourth-order valence-electron chi connectivity index (χ4n) is 4.04. The van der Waals surface area contributed by atoms with E-state index < -0.39 is 0 Å². The van der Waals surface area contributed by atoms with Gasteiger partial charge in [-0.2, -0.15) is 0 Å². The van der Waals surface area contributed by atoms with Gasteiger partial charge in [-0.05, 0) is 50.4 Å². The lowest BCUT2D eigenvalue weighted by Crippen LogP contribution is -2.36. The van der Waals surface area contributed by atoms with Gasteiger partial charge in [-0.3, -0.25) is 0 Å². The number of benzene rings is 1. The first kappa shape index (κ1) is 16.6. The number of methoxy groups -OCH3 is 1. The van der Waals surface area contributed by atoms with Gasteiger partial charge in [-0.25, -0.2) is 0 Å². The second kappa shape index (κ2) is 7.10. The predicted molar refractivity (Wildman–Crippen MR) is 93.3 cm³/mol. The monoisotopic (exact) mass is 318 g/mol. The highest BCUT2D eigenvalue weighted by Crippen LogP contribution is 2.43. The second-order valence-electron chi connectivity index (χ2n) is 7.18. The van der Waals surface area contributed by atoms with Crippen LogP contribution in [0.3, 0.4) is 0 Å². The molecule has 1 aliphatic heterocycles. The van der Waals surface area contributed by atoms with Crippen LogP contribution in [0.25, 0.3) is 0 Å². The van der Waals surface area contributed by atoms with Gasteiger partial charge in [0.1, 0.15) is 6.10 Å². The third kappa shape index (κ3) is 3.48. The Balaban J connectivity index is 1.81. The van der Waals surface area contributed by atoms with E-state index in [0.29, 0.717) is 6.54 Å². The van der Waals surface area contributed by atoms with Gasteiger partial charge in [0.2, 0.25) is 0 Å². The molecule has 3 rings (SSSR count). The third-order valence-corrected chi connectivity index (χ3v) is 5.69. The Labute approximate surface area is 139 Å². The van der Waals surface area contributed by atoms with Crippen LogP contribution in [0.2, 0.25) is 0 Å². The standard InChI is InChI=1S/C19H30N2O2/c1-21-11-7-16(8-12-21)23-18-13-15(5-6-17(18)22-2)19(14-20)9-3-4-10-19/h5-6,13,16H,3-4,7-12,14,20H2,1-2H3. The molecule has 0 spiro atoms. The Morgan fingerprint density at radius 2 is 1.87 bits per heavy atom. The first-order valence-electron chi connectivity index (χ1n) is 8.91. The molecule has 1 heterocycles. The number of nitrogens with zero attached hydrogens (tertiary/aromatic N) is 1. The lowest BCUT2D eigenvalue weighted by Gasteiger charge is -2.31. The van der Waals surface area contributed by atoms with Gasteiger partial charge >= 0.3 is 0 Å². The van der Waals surface area contributed by atoms with Gasteiger partial charge in [-0.15, -0.1) is 0 Å². The maximum absolute atomic E-state index is 6.32. The zero-order valence-electron chi connectivity index (χ0n) is 14.5. The summed E-state index contributed by atoms with van der Waals surface area (Å²) in [7, 11) is 3.88. The Kier molecular flexibility index (Phi) is 5.12. The summed E-state index contributed by atoms with van der Waals surface area (Å²) in [6.45, 7) is 2.91. The van der Waals surface area contributed by atoms with Gasteiger partial charge in [-0.1, -0.05) is 18.9 Å². The number of likely N-dealkylation sites (tertiary alicyclic amines) is 1. The van der Waals surface area contributed by atoms with Crippen LogP contribution < -0.4 is 15.2 Å². The largest absolute Gasteiger partial charge is 0.493 e. The molecule has 1 aliphatic carbocycles. The molecule has 2 aliphatic rings. The minimum absolute atomic E-state index is 0.136. The summed E-state index contributed by atoms with van der Waals surface area (Å²) >= 11 is 0. The lowest BCUT2D eigenvalue weighted by molar-refractivity contribution is 0.111. The number of piperidine rings is 1. The Bertz CT molecular complexity index is 518. The summed E-state index contributed by atoms with van der Waals surface area (Å²) in [5.74, 6) is 1.72. The van der Waals surface area contributed by atoms with E-state index in [1.54, 1.807) is 7.11 Å². The van der Waals surface area contributed by atoms with E-state index in [0.717, 1.165) is 37.4 Å². The van der Waals surface area contributed by atoms with Crippen molar-refractivity contribution >= 4 is 0 Å². The molecule has 4 heteroatoms. The maximum atomic E-state index is 6.32. The van der Waals surface area contributed by atoms with Crippen molar-refractivity contribution < 1.29 is 9.47 Å². The lowest BCUT2D eigenvalue weighted by atomic mass is 9.79. The maximum Gasteiger partial charge on any atom is 0.161 e. The summed E-state index contributed by atoms with van der Waals surface area (Å²) in [6.07, 6.45) is 7.35. The molecular weight excluding hydrogens is 288 g/mol. The van der Waals surface area contributed by atoms with Crippen LogP contribution >= 0.6 is 0 Å². The van der Waals surface area contributed by atoms with Crippen molar-refractivity contribution in [1.29, 1.82) is 0 Å². The van der Waals surface area contributed by atoms with Crippen LogP contribution in [0.4, 0.5) is 0 Å². The van der Waals surface area contributed by atoms with E-state index in [1.165, 1.54) is 31.2 Å². The Morgan fingerprint density at radius 1 is 1.17 bits per heavy atom. The van der Waals surface area contributed by atoms with Gasteiger partial charge in [0.05, 0.1) is 7.11 Å². The number of hydrogen-bond acceptors (Lipinski definition) is 4. The molecule has 2 N–H and O–H groups in total. The number of hydrogen-bond donors (Lipinski definition) is 1. The molecule has 0 aromatic heterocycles. The molecule has 128 valence electrons. The van der Waals surface area contributed by atoms with E-state index in [9.17, 15) is 0 Å². The fraction of sp³-hybridized carbons (Fsp3) is 0.684. The molecule has 4 nitrogen and oxygen atoms in total. The van der Waals surface area contributed by atoms with Crippen LogP contribution in [-0.4, -0.2) is 44.8 Å². The highest BCUT2D eigenvalue weighted by molar-refractivity contribution is 5.46. The molecule has 23 heavy (non-hydrogen) atoms. The minimum atomic E-state index is 0.136. The molecule has 0 bridgehead atoms. The van der Waals surface area contributed by atoms with E-state index in [4.69, 9.17) is 15.2 Å². The van der Waals surface area contributed by atoms with Crippen LogP contribution in [0.5, 0.6) is 11.5 Å². The summed E-state index contributed by atoms with van der Waals surface area (Å²) in [4.78, 5) is 2.36. The highest BCUT2D eigenvalue weighted by Gasteiger charge is 2.35. The SMILES string of the molecule is COc1ccc(C2(CN)CCCC2)cc1OC1CCN(C)CC1. The Morgan fingerprint density at radius 3 is 2.48 bits per heavy atom. The van der Waals surface area contributed by atoms with Crippen molar-refractivity contribution in [3.05, 3.63) is 23.8 Å². The van der Waals surface area contributed by atoms with Crippen molar-refractivity contribution in [2.45, 2.75) is 50.0 Å². The van der Waals surface area contributed by atoms with E-state index in [2.05, 4.69) is 30.1 Å². The smallest absolute Gasteiger partial charge is 0.161 e. The molecule has 1 aromatic carbocycles. The zero-order chi connectivity index (χ0) is 16.3. The summed E-state index contributed by atoms with van der Waals surface area (Å²) in [5.41, 5.74) is 7.60. The third-order valence-electron chi connectivity index (χ3n) is 5.69. The molecule has 0 radical (unpaired) electrons. The summed E-state index contributed by atoms with van der Waals surface area (Å²) in [6, 6.07) is 6.42. The molecule has 2 fully saturated rings. The van der Waals surface area contributed by atoms with Crippen molar-refractivity contribution in [3.8, 4) is 11.5 Å². The molecule has 1 saturated carbocycles. The summed E-state index contributed by atoms with van der Waals surface area (Å²) in [5, 5.41) is 0. The highest BCUT2D eigenvalue weighted by atomic mass is 16.5. The molecule has 0 amide bonds. The summed E-state index contributed by atoms with van der Waals surface area (Å²) < 4.78 is 11.8. The van der Waals surface area contributed by atoms with Crippen molar-refractivity contribution in [3.63, 3.8) is 0 Å². The quantitative estimate of drug-likeness (QED) is 0.907. The van der Waals surface area contributed by atoms with E-state index in [-0.39, 0.29) is 11.5 Å². The fourth-order valence-corrected chi connectivity index (χ4v) is 4.04. The van der Waals surface area contributed by atoms with Gasteiger partial charge in [0.25, 0.3) is 0 Å². The second-order valence-corrected chi connectivity index (χ2v) is 7.18. The average Bonchev–Trinajstić information content (AvgIpc) is 3.07. The minimum Gasteiger partial charge on any atom is -0.493 e. The van der Waals surface area contributed by atoms with E-state index in [1.807, 2.05) is 0 Å². The average molecular weight is 318 g/mol. The van der Waals surface area contributed by atoms with Crippen LogP contribution in [0, 0.1) is 0 Å². The first-order chi connectivity index (χ1) is 11.2. The number of rotatable bonds is 5. The molecular formula is C19H30N2O2.